The van der Waals surface area contributed by atoms with Crippen LogP contribution in [0.4, 0.5) is 24.9 Å². The molecule has 4 atom stereocenters. The average Bonchev–Trinajstić information content (AvgIpc) is 3.03. The molecule has 1 aliphatic carbocycles. The second kappa shape index (κ2) is 6.61. The first-order valence-electron chi connectivity index (χ1n) is 10.4. The van der Waals surface area contributed by atoms with Crippen molar-refractivity contribution in [1.29, 1.82) is 0 Å². The van der Waals surface area contributed by atoms with Gasteiger partial charge in [-0.05, 0) is 37.3 Å². The van der Waals surface area contributed by atoms with Gasteiger partial charge in [0.25, 0.3) is 0 Å². The number of nitrogens with zero attached hydrogens (tertiary/aromatic N) is 5. The van der Waals surface area contributed by atoms with Gasteiger partial charge in [0.05, 0.1) is 0 Å². The van der Waals surface area contributed by atoms with Gasteiger partial charge in [-0.2, -0.15) is 18.2 Å². The quantitative estimate of drug-likeness (QED) is 0.779. The smallest absolute Gasteiger partial charge is 0.433 e. The summed E-state index contributed by atoms with van der Waals surface area (Å²) in [5.41, 5.74) is -0.306. The summed E-state index contributed by atoms with van der Waals surface area (Å²) in [6, 6.07) is 5.02. The number of anilines is 2. The SMILES string of the molecule is C[C@H]1CCN1c1nc(N2CC3C(CC(=O)O)C3(c3cccn3C)C2)cc(C(F)(F)F)n1. The molecule has 1 saturated carbocycles. The lowest BCUT2D eigenvalue weighted by molar-refractivity contribution is -0.141. The fourth-order valence-corrected chi connectivity index (χ4v) is 5.51. The lowest BCUT2D eigenvalue weighted by Crippen LogP contribution is -2.47. The zero-order chi connectivity index (χ0) is 22.1. The van der Waals surface area contributed by atoms with Gasteiger partial charge in [-0.1, -0.05) is 0 Å². The van der Waals surface area contributed by atoms with E-state index in [2.05, 4.69) is 9.97 Å². The minimum absolute atomic E-state index is 0.0337. The third kappa shape index (κ3) is 3.06. The predicted octanol–water partition coefficient (Wildman–Crippen LogP) is 2.91. The first-order valence-corrected chi connectivity index (χ1v) is 10.4. The zero-order valence-corrected chi connectivity index (χ0v) is 17.3. The maximum absolute atomic E-state index is 13.6. The van der Waals surface area contributed by atoms with Crippen LogP contribution in [-0.4, -0.2) is 51.3 Å². The Balaban J connectivity index is 1.50. The Morgan fingerprint density at radius 1 is 1.35 bits per heavy atom. The minimum Gasteiger partial charge on any atom is -0.481 e. The van der Waals surface area contributed by atoms with E-state index >= 15 is 0 Å². The van der Waals surface area contributed by atoms with Crippen LogP contribution in [0.1, 0.15) is 31.2 Å². The predicted molar refractivity (Wildman–Crippen MR) is 107 cm³/mol. The molecule has 10 heteroatoms. The molecule has 7 nitrogen and oxygen atoms in total. The number of hydrogen-bond acceptors (Lipinski definition) is 5. The Morgan fingerprint density at radius 3 is 2.68 bits per heavy atom. The highest BCUT2D eigenvalue weighted by molar-refractivity contribution is 5.69. The second-order valence-electron chi connectivity index (χ2n) is 8.98. The van der Waals surface area contributed by atoms with E-state index in [0.29, 0.717) is 19.6 Å². The van der Waals surface area contributed by atoms with Crippen molar-refractivity contribution >= 4 is 17.7 Å². The van der Waals surface area contributed by atoms with E-state index < -0.39 is 17.8 Å². The maximum Gasteiger partial charge on any atom is 0.433 e. The number of hydrogen-bond donors (Lipinski definition) is 1. The maximum atomic E-state index is 13.6. The molecule has 2 aromatic rings. The van der Waals surface area contributed by atoms with Gasteiger partial charge in [0.1, 0.15) is 5.82 Å². The van der Waals surface area contributed by atoms with Gasteiger partial charge in [0, 0.05) is 62.5 Å². The van der Waals surface area contributed by atoms with Crippen LogP contribution in [0.25, 0.3) is 0 Å². The Labute approximate surface area is 177 Å². The van der Waals surface area contributed by atoms with Gasteiger partial charge >= 0.3 is 12.1 Å². The number of halogens is 3. The molecule has 31 heavy (non-hydrogen) atoms. The summed E-state index contributed by atoms with van der Waals surface area (Å²) >= 11 is 0. The molecular weight excluding hydrogens is 411 g/mol. The summed E-state index contributed by atoms with van der Waals surface area (Å²) in [6.45, 7) is 3.50. The molecular formula is C21H24F3N5O2. The van der Waals surface area contributed by atoms with Gasteiger partial charge in [-0.3, -0.25) is 4.79 Å². The van der Waals surface area contributed by atoms with Crippen molar-refractivity contribution in [2.45, 2.75) is 37.4 Å². The number of aromatic nitrogens is 3. The van der Waals surface area contributed by atoms with E-state index in [9.17, 15) is 23.1 Å². The average molecular weight is 435 g/mol. The monoisotopic (exact) mass is 435 g/mol. The summed E-state index contributed by atoms with van der Waals surface area (Å²) in [7, 11) is 1.91. The van der Waals surface area contributed by atoms with Gasteiger partial charge in [-0.15, -0.1) is 0 Å². The molecule has 3 aliphatic rings. The summed E-state index contributed by atoms with van der Waals surface area (Å²) in [5, 5.41) is 9.35. The number of fused-ring (bicyclic) bond motifs is 1. The molecule has 0 bridgehead atoms. The number of piperidine rings is 1. The Kier molecular flexibility index (Phi) is 4.29. The van der Waals surface area contributed by atoms with E-state index in [4.69, 9.17) is 0 Å². The first kappa shape index (κ1) is 20.1. The van der Waals surface area contributed by atoms with Gasteiger partial charge in [-0.25, -0.2) is 4.98 Å². The van der Waals surface area contributed by atoms with E-state index in [1.54, 1.807) is 4.90 Å². The fourth-order valence-electron chi connectivity index (χ4n) is 5.51. The molecule has 3 fully saturated rings. The molecule has 5 rings (SSSR count). The lowest BCUT2D eigenvalue weighted by atomic mass is 9.97. The van der Waals surface area contributed by atoms with E-state index in [1.807, 2.05) is 41.8 Å². The molecule has 3 unspecified atom stereocenters. The molecule has 166 valence electrons. The molecule has 0 spiro atoms. The number of aliphatic carboxylic acids is 1. The second-order valence-corrected chi connectivity index (χ2v) is 8.98. The number of carbonyl (C=O) groups is 1. The molecule has 1 N–H and O–H groups in total. The lowest BCUT2D eigenvalue weighted by Gasteiger charge is -2.39. The van der Waals surface area contributed by atoms with Crippen LogP contribution in [0.15, 0.2) is 24.4 Å². The van der Waals surface area contributed by atoms with Crippen molar-refractivity contribution in [1.82, 2.24) is 14.5 Å². The van der Waals surface area contributed by atoms with Crippen LogP contribution in [0.3, 0.4) is 0 Å². The van der Waals surface area contributed by atoms with Crippen molar-refractivity contribution in [2.24, 2.45) is 18.9 Å². The highest BCUT2D eigenvalue weighted by atomic mass is 19.4. The number of rotatable bonds is 5. The van der Waals surface area contributed by atoms with Crippen LogP contribution in [0, 0.1) is 11.8 Å². The Bertz CT molecular complexity index is 1040. The fraction of sp³-hybridized carbons (Fsp3) is 0.571. The molecule has 4 heterocycles. The molecule has 0 amide bonds. The summed E-state index contributed by atoms with van der Waals surface area (Å²) in [6.07, 6.45) is -1.70. The highest BCUT2D eigenvalue weighted by Gasteiger charge is 2.71. The van der Waals surface area contributed by atoms with Crippen LogP contribution < -0.4 is 9.80 Å². The normalized spacial score (nSPS) is 29.6. The highest BCUT2D eigenvalue weighted by Crippen LogP contribution is 2.65. The third-order valence-corrected chi connectivity index (χ3v) is 7.28. The van der Waals surface area contributed by atoms with Gasteiger partial charge < -0.3 is 19.5 Å². The zero-order valence-electron chi connectivity index (χ0n) is 17.3. The number of carboxylic acid groups (broad SMARTS) is 1. The van der Waals surface area contributed by atoms with Crippen LogP contribution in [0.2, 0.25) is 0 Å². The van der Waals surface area contributed by atoms with Crippen molar-refractivity contribution in [3.8, 4) is 0 Å². The summed E-state index contributed by atoms with van der Waals surface area (Å²) in [4.78, 5) is 23.3. The largest absolute Gasteiger partial charge is 0.481 e. The molecule has 2 aliphatic heterocycles. The Morgan fingerprint density at radius 2 is 2.13 bits per heavy atom. The van der Waals surface area contributed by atoms with E-state index in [1.165, 1.54) is 0 Å². The van der Waals surface area contributed by atoms with Crippen LogP contribution in [0.5, 0.6) is 0 Å². The van der Waals surface area contributed by atoms with Crippen LogP contribution >= 0.6 is 0 Å². The topological polar surface area (TPSA) is 74.5 Å². The standard InChI is InChI=1S/C21H24F3N5O2/c1-12-5-7-29(12)19-25-15(21(22,23)24)9-17(26-19)28-10-14-13(8-18(30)31)20(14,11-28)16-4-3-6-27(16)2/h3-4,6,9,12-14H,5,7-8,10-11H2,1-2H3,(H,30,31)/t12-,13?,14?,20?/m0/s1. The molecule has 2 aromatic heterocycles. The number of alkyl halides is 3. The summed E-state index contributed by atoms with van der Waals surface area (Å²) < 4.78 is 42.7. The van der Waals surface area contributed by atoms with E-state index in [-0.39, 0.29) is 41.5 Å². The Hall–Kier alpha value is -2.78. The van der Waals surface area contributed by atoms with E-state index in [0.717, 1.165) is 18.2 Å². The van der Waals surface area contributed by atoms with Crippen molar-refractivity contribution in [3.05, 3.63) is 35.8 Å². The third-order valence-electron chi connectivity index (χ3n) is 7.28. The summed E-state index contributed by atoms with van der Waals surface area (Å²) in [5.74, 6) is -0.457. The molecule has 0 aromatic carbocycles. The van der Waals surface area contributed by atoms with Gasteiger partial charge in [0.15, 0.2) is 5.69 Å². The molecule has 0 radical (unpaired) electrons. The number of aryl methyl sites for hydroxylation is 1. The minimum atomic E-state index is -4.56. The van der Waals surface area contributed by atoms with Crippen molar-refractivity contribution < 1.29 is 23.1 Å². The van der Waals surface area contributed by atoms with Crippen molar-refractivity contribution in [3.63, 3.8) is 0 Å². The molecule has 2 saturated heterocycles. The first-order chi connectivity index (χ1) is 14.6. The number of carboxylic acids is 1. The van der Waals surface area contributed by atoms with Gasteiger partial charge in [0.2, 0.25) is 5.95 Å². The van der Waals surface area contributed by atoms with Crippen LogP contribution in [-0.2, 0) is 23.4 Å². The van der Waals surface area contributed by atoms with Crippen molar-refractivity contribution in [2.75, 3.05) is 29.4 Å².